The molecular formula is C33H35N3O7. The number of aromatic nitrogens is 2. The molecule has 1 aliphatic rings. The number of ether oxygens (including phenoxy) is 3. The Morgan fingerprint density at radius 3 is 2.12 bits per heavy atom. The molecule has 0 spiro atoms. The molecule has 10 heteroatoms. The van der Waals surface area contributed by atoms with Gasteiger partial charge in [-0.05, 0) is 23.6 Å². The molecule has 224 valence electrons. The van der Waals surface area contributed by atoms with Crippen molar-refractivity contribution in [1.82, 2.24) is 9.55 Å². The molecule has 0 aliphatic carbocycles. The molecule has 1 aromatic heterocycles. The molecule has 0 saturated carbocycles. The second-order valence-corrected chi connectivity index (χ2v) is 10.5. The first-order valence-electron chi connectivity index (χ1n) is 14.1. The van der Waals surface area contributed by atoms with Crippen molar-refractivity contribution < 1.29 is 24.2 Å². The normalized spacial score (nSPS) is 21.8. The van der Waals surface area contributed by atoms with Gasteiger partial charge in [-0.15, -0.1) is 0 Å². The van der Waals surface area contributed by atoms with Crippen LogP contribution in [0.4, 0.5) is 0 Å². The lowest BCUT2D eigenvalue weighted by Gasteiger charge is -2.33. The van der Waals surface area contributed by atoms with Crippen LogP contribution in [0.3, 0.4) is 0 Å². The van der Waals surface area contributed by atoms with Gasteiger partial charge in [0.25, 0.3) is 5.56 Å². The second kappa shape index (κ2) is 14.2. The smallest absolute Gasteiger partial charge is 0.330 e. The summed E-state index contributed by atoms with van der Waals surface area (Å²) in [4.78, 5) is 32.7. The molecule has 4 aromatic rings. The van der Waals surface area contributed by atoms with Crippen LogP contribution < -0.4 is 11.2 Å². The number of nitrogens with zero attached hydrogens (tertiary/aromatic N) is 2. The minimum Gasteiger partial charge on any atom is -0.391 e. The maximum Gasteiger partial charge on any atom is 0.330 e. The molecule has 0 bridgehead atoms. The first-order chi connectivity index (χ1) is 20.9. The van der Waals surface area contributed by atoms with Crippen molar-refractivity contribution in [3.63, 3.8) is 0 Å². The van der Waals surface area contributed by atoms with Crippen molar-refractivity contribution in [1.29, 1.82) is 0 Å². The Morgan fingerprint density at radius 2 is 1.49 bits per heavy atom. The zero-order valence-electron chi connectivity index (χ0n) is 23.9. The first-order valence-corrected chi connectivity index (χ1v) is 14.1. The SMILES string of the molecule is Cc1cn([C@@H]2O[C@](C/C=N/OCc3ccccc3)(COCc3ccccc3)[C@@H](OCc3ccccc3)[C@H]2O)c(=O)[nH]c1=O. The van der Waals surface area contributed by atoms with Gasteiger partial charge < -0.3 is 24.2 Å². The van der Waals surface area contributed by atoms with Crippen molar-refractivity contribution in [2.24, 2.45) is 5.16 Å². The lowest BCUT2D eigenvalue weighted by molar-refractivity contribution is -0.153. The minimum atomic E-state index is -1.29. The molecule has 4 atom stereocenters. The predicted octanol–water partition coefficient (Wildman–Crippen LogP) is 3.87. The van der Waals surface area contributed by atoms with Gasteiger partial charge in [0, 0.05) is 24.4 Å². The Kier molecular flexibility index (Phi) is 9.96. The Bertz CT molecular complexity index is 1590. The van der Waals surface area contributed by atoms with E-state index >= 15 is 0 Å². The van der Waals surface area contributed by atoms with E-state index in [2.05, 4.69) is 10.1 Å². The third-order valence-electron chi connectivity index (χ3n) is 7.29. The van der Waals surface area contributed by atoms with Gasteiger partial charge in [0.05, 0.1) is 19.8 Å². The summed E-state index contributed by atoms with van der Waals surface area (Å²) in [5.41, 5.74) is 0.636. The van der Waals surface area contributed by atoms with Gasteiger partial charge in [-0.1, -0.05) is 96.2 Å². The number of benzene rings is 3. The molecule has 1 saturated heterocycles. The maximum absolute atomic E-state index is 12.9. The highest BCUT2D eigenvalue weighted by Gasteiger charge is 2.56. The Morgan fingerprint density at radius 1 is 0.907 bits per heavy atom. The van der Waals surface area contributed by atoms with E-state index < -0.39 is 35.3 Å². The highest BCUT2D eigenvalue weighted by Crippen LogP contribution is 2.41. The largest absolute Gasteiger partial charge is 0.391 e. The van der Waals surface area contributed by atoms with E-state index in [0.717, 1.165) is 16.7 Å². The van der Waals surface area contributed by atoms with Crippen LogP contribution in [0, 0.1) is 6.92 Å². The number of rotatable bonds is 13. The number of aryl methyl sites for hydroxylation is 1. The number of H-pyrrole nitrogens is 1. The van der Waals surface area contributed by atoms with Gasteiger partial charge in [-0.3, -0.25) is 14.3 Å². The summed E-state index contributed by atoms with van der Waals surface area (Å²) >= 11 is 0. The van der Waals surface area contributed by atoms with E-state index in [4.69, 9.17) is 19.0 Å². The molecule has 2 N–H and O–H groups in total. The van der Waals surface area contributed by atoms with Gasteiger partial charge in [-0.2, -0.15) is 0 Å². The van der Waals surface area contributed by atoms with E-state index in [0.29, 0.717) is 5.56 Å². The average Bonchev–Trinajstić information content (AvgIpc) is 3.30. The van der Waals surface area contributed by atoms with Crippen LogP contribution in [-0.2, 0) is 38.9 Å². The van der Waals surface area contributed by atoms with Crippen molar-refractivity contribution >= 4 is 6.21 Å². The lowest BCUT2D eigenvalue weighted by Crippen LogP contribution is -2.49. The van der Waals surface area contributed by atoms with Gasteiger partial charge in [0.1, 0.15) is 24.4 Å². The zero-order chi connectivity index (χ0) is 30.1. The van der Waals surface area contributed by atoms with Crippen LogP contribution in [0.2, 0.25) is 0 Å². The predicted molar refractivity (Wildman–Crippen MR) is 160 cm³/mol. The number of aromatic amines is 1. The van der Waals surface area contributed by atoms with Crippen molar-refractivity contribution in [2.45, 2.75) is 57.2 Å². The molecule has 10 nitrogen and oxygen atoms in total. The van der Waals surface area contributed by atoms with Crippen LogP contribution in [0.25, 0.3) is 0 Å². The molecule has 0 unspecified atom stereocenters. The molecule has 1 aliphatic heterocycles. The fourth-order valence-corrected chi connectivity index (χ4v) is 5.03. The third-order valence-corrected chi connectivity index (χ3v) is 7.29. The number of hydrogen-bond donors (Lipinski definition) is 2. The summed E-state index contributed by atoms with van der Waals surface area (Å²) in [6, 6.07) is 28.9. The van der Waals surface area contributed by atoms with Gasteiger partial charge in [0.15, 0.2) is 6.23 Å². The molecule has 2 heterocycles. The Balaban J connectivity index is 1.44. The number of aliphatic hydroxyl groups excluding tert-OH is 1. The van der Waals surface area contributed by atoms with Crippen LogP contribution in [0.15, 0.2) is 112 Å². The molecule has 3 aromatic carbocycles. The van der Waals surface area contributed by atoms with Crippen LogP contribution >= 0.6 is 0 Å². The topological polar surface area (TPSA) is 124 Å². The number of oxime groups is 1. The first kappa shape index (κ1) is 30.1. The highest BCUT2D eigenvalue weighted by molar-refractivity contribution is 5.58. The van der Waals surface area contributed by atoms with E-state index in [1.807, 2.05) is 91.0 Å². The third kappa shape index (κ3) is 7.54. The second-order valence-electron chi connectivity index (χ2n) is 10.5. The molecule has 5 rings (SSSR count). The van der Waals surface area contributed by atoms with Crippen molar-refractivity contribution in [3.05, 3.63) is 140 Å². The monoisotopic (exact) mass is 585 g/mol. The maximum atomic E-state index is 12.9. The quantitative estimate of drug-likeness (QED) is 0.180. The van der Waals surface area contributed by atoms with E-state index in [1.54, 1.807) is 13.1 Å². The van der Waals surface area contributed by atoms with Crippen molar-refractivity contribution in [3.8, 4) is 0 Å². The molecule has 43 heavy (non-hydrogen) atoms. The number of nitrogens with one attached hydrogen (secondary N) is 1. The molecule has 0 amide bonds. The Labute approximate surface area is 249 Å². The molecule has 1 fully saturated rings. The Hall–Kier alpha value is -4.35. The van der Waals surface area contributed by atoms with Crippen molar-refractivity contribution in [2.75, 3.05) is 6.61 Å². The molecule has 0 radical (unpaired) electrons. The lowest BCUT2D eigenvalue weighted by atomic mass is 9.92. The minimum absolute atomic E-state index is 0.0106. The summed E-state index contributed by atoms with van der Waals surface area (Å²) in [5.74, 6) is 0. The fraction of sp³-hybridized carbons (Fsp3) is 0.303. The van der Waals surface area contributed by atoms with E-state index in [1.165, 1.54) is 10.8 Å². The van der Waals surface area contributed by atoms with Crippen LogP contribution in [0.5, 0.6) is 0 Å². The number of hydrogen-bond acceptors (Lipinski definition) is 8. The summed E-state index contributed by atoms with van der Waals surface area (Å²) < 4.78 is 20.2. The van der Waals surface area contributed by atoms with E-state index in [-0.39, 0.29) is 32.8 Å². The summed E-state index contributed by atoms with van der Waals surface area (Å²) in [5, 5.41) is 15.8. The fourth-order valence-electron chi connectivity index (χ4n) is 5.03. The average molecular weight is 586 g/mol. The number of aliphatic hydroxyl groups is 1. The highest BCUT2D eigenvalue weighted by atomic mass is 16.6. The summed E-state index contributed by atoms with van der Waals surface area (Å²) in [6.07, 6.45) is -0.312. The van der Waals surface area contributed by atoms with Gasteiger partial charge >= 0.3 is 5.69 Å². The zero-order valence-corrected chi connectivity index (χ0v) is 23.9. The molecular weight excluding hydrogens is 550 g/mol. The standard InChI is InChI=1S/C33H35N3O7/c1-24-19-36(32(39)35-30(24)38)31-28(37)29(41-21-26-13-7-3-8-14-26)33(43-31,23-40-20-25-11-5-2-6-12-25)17-18-34-42-22-27-15-9-4-10-16-27/h2-16,18-19,28-29,31,37H,17,20-23H2,1H3,(H,35,38,39)/b34-18+/t28-,29+,31-,33-/m1/s1. The summed E-state index contributed by atoms with van der Waals surface area (Å²) in [7, 11) is 0. The van der Waals surface area contributed by atoms with Gasteiger partial charge in [-0.25, -0.2) is 4.79 Å². The summed E-state index contributed by atoms with van der Waals surface area (Å²) in [6.45, 7) is 2.34. The van der Waals surface area contributed by atoms with E-state index in [9.17, 15) is 14.7 Å². The van der Waals surface area contributed by atoms with Crippen LogP contribution in [0.1, 0.15) is 34.9 Å². The van der Waals surface area contributed by atoms with Crippen LogP contribution in [-0.4, -0.2) is 45.3 Å². The van der Waals surface area contributed by atoms with Gasteiger partial charge in [0.2, 0.25) is 0 Å².